The van der Waals surface area contributed by atoms with Gasteiger partial charge in [0.2, 0.25) is 0 Å². The van der Waals surface area contributed by atoms with Crippen molar-refractivity contribution in [2.75, 3.05) is 13.2 Å². The van der Waals surface area contributed by atoms with Gasteiger partial charge in [0.1, 0.15) is 0 Å². The SMILES string of the molecule is O=C(CCC(=O)OCC(F)(F)C(F)C(F)(F)F)OCC1CCCCC1. The minimum Gasteiger partial charge on any atom is -0.465 e. The van der Waals surface area contributed by atoms with Crippen molar-refractivity contribution in [3.8, 4) is 0 Å². The average Bonchev–Trinajstić information content (AvgIpc) is 2.55. The van der Waals surface area contributed by atoms with Gasteiger partial charge in [0.05, 0.1) is 19.4 Å². The number of ether oxygens (including phenoxy) is 2. The Kier molecular flexibility index (Phi) is 8.01. The minimum absolute atomic E-state index is 0.209. The first-order chi connectivity index (χ1) is 11.5. The van der Waals surface area contributed by atoms with Gasteiger partial charge in [-0.3, -0.25) is 9.59 Å². The summed E-state index contributed by atoms with van der Waals surface area (Å²) in [6.45, 7) is -1.84. The predicted molar refractivity (Wildman–Crippen MR) is 73.6 cm³/mol. The normalized spacial score (nSPS) is 17.8. The van der Waals surface area contributed by atoms with Crippen molar-refractivity contribution >= 4 is 11.9 Å². The van der Waals surface area contributed by atoms with Gasteiger partial charge < -0.3 is 9.47 Å². The molecule has 0 aromatic heterocycles. The lowest BCUT2D eigenvalue weighted by molar-refractivity contribution is -0.254. The van der Waals surface area contributed by atoms with Gasteiger partial charge in [-0.15, -0.1) is 0 Å². The molecule has 146 valence electrons. The van der Waals surface area contributed by atoms with Crippen molar-refractivity contribution in [3.63, 3.8) is 0 Å². The Bertz CT molecular complexity index is 446. The maximum atomic E-state index is 12.9. The van der Waals surface area contributed by atoms with E-state index in [1.54, 1.807) is 0 Å². The molecule has 1 aliphatic rings. The van der Waals surface area contributed by atoms with Crippen LogP contribution in [0.25, 0.3) is 0 Å². The molecule has 25 heavy (non-hydrogen) atoms. The third-order valence-electron chi connectivity index (χ3n) is 3.82. The van der Waals surface area contributed by atoms with Crippen LogP contribution in [-0.2, 0) is 19.1 Å². The molecule has 0 radical (unpaired) electrons. The second-order valence-corrected chi connectivity index (χ2v) is 6.01. The topological polar surface area (TPSA) is 52.6 Å². The fourth-order valence-electron chi connectivity index (χ4n) is 2.40. The molecule has 10 heteroatoms. The van der Waals surface area contributed by atoms with Crippen LogP contribution in [0.2, 0.25) is 0 Å². The van der Waals surface area contributed by atoms with Gasteiger partial charge in [-0.2, -0.15) is 22.0 Å². The zero-order valence-corrected chi connectivity index (χ0v) is 13.4. The van der Waals surface area contributed by atoms with E-state index in [4.69, 9.17) is 4.74 Å². The van der Waals surface area contributed by atoms with Gasteiger partial charge in [0, 0.05) is 0 Å². The highest BCUT2D eigenvalue weighted by atomic mass is 19.4. The molecule has 1 rings (SSSR count). The number of hydrogen-bond acceptors (Lipinski definition) is 4. The van der Waals surface area contributed by atoms with Crippen LogP contribution in [0.15, 0.2) is 0 Å². The lowest BCUT2D eigenvalue weighted by Gasteiger charge is -2.22. The molecule has 0 heterocycles. The Labute approximate surface area is 140 Å². The molecule has 0 aromatic carbocycles. The molecule has 0 amide bonds. The first-order valence-electron chi connectivity index (χ1n) is 7.92. The number of alkyl halides is 6. The second-order valence-electron chi connectivity index (χ2n) is 6.01. The van der Waals surface area contributed by atoms with E-state index in [1.807, 2.05) is 0 Å². The molecule has 4 nitrogen and oxygen atoms in total. The number of hydrogen-bond donors (Lipinski definition) is 0. The molecule has 0 saturated heterocycles. The van der Waals surface area contributed by atoms with Crippen LogP contribution in [-0.4, -0.2) is 43.4 Å². The van der Waals surface area contributed by atoms with Crippen LogP contribution in [0.1, 0.15) is 44.9 Å². The number of esters is 2. The summed E-state index contributed by atoms with van der Waals surface area (Å²) < 4.78 is 83.1. The van der Waals surface area contributed by atoms with Crippen LogP contribution in [0.4, 0.5) is 26.3 Å². The predicted octanol–water partition coefficient (Wildman–Crippen LogP) is 3.97. The minimum atomic E-state index is -5.77. The van der Waals surface area contributed by atoms with Crippen molar-refractivity contribution in [1.29, 1.82) is 0 Å². The molecule has 1 fully saturated rings. The maximum absolute atomic E-state index is 12.9. The Morgan fingerprint density at radius 2 is 1.44 bits per heavy atom. The second kappa shape index (κ2) is 9.28. The fourth-order valence-corrected chi connectivity index (χ4v) is 2.40. The summed E-state index contributed by atoms with van der Waals surface area (Å²) in [4.78, 5) is 22.6. The highest BCUT2D eigenvalue weighted by molar-refractivity contribution is 5.77. The summed E-state index contributed by atoms with van der Waals surface area (Å²) in [6.07, 6.45) is -6.17. The zero-order chi connectivity index (χ0) is 19.1. The van der Waals surface area contributed by atoms with E-state index in [0.29, 0.717) is 0 Å². The molecule has 1 saturated carbocycles. The fraction of sp³-hybridized carbons (Fsp3) is 0.867. The van der Waals surface area contributed by atoms with Crippen molar-refractivity contribution < 1.29 is 45.4 Å². The molecule has 1 unspecified atom stereocenters. The molecule has 1 aliphatic carbocycles. The lowest BCUT2D eigenvalue weighted by Crippen LogP contribution is -2.45. The van der Waals surface area contributed by atoms with Crippen molar-refractivity contribution in [1.82, 2.24) is 0 Å². The lowest BCUT2D eigenvalue weighted by atomic mass is 9.90. The van der Waals surface area contributed by atoms with Crippen molar-refractivity contribution in [2.24, 2.45) is 5.92 Å². The maximum Gasteiger partial charge on any atom is 0.425 e. The van der Waals surface area contributed by atoms with Crippen LogP contribution in [0.3, 0.4) is 0 Å². The summed E-state index contributed by atoms with van der Waals surface area (Å²) in [6, 6.07) is 0. The molecule has 0 spiro atoms. The van der Waals surface area contributed by atoms with Crippen LogP contribution in [0, 0.1) is 5.92 Å². The zero-order valence-electron chi connectivity index (χ0n) is 13.4. The highest BCUT2D eigenvalue weighted by Gasteiger charge is 2.57. The molecule has 0 N–H and O–H groups in total. The van der Waals surface area contributed by atoms with E-state index in [0.717, 1.165) is 32.1 Å². The summed E-state index contributed by atoms with van der Waals surface area (Å²) in [7, 11) is 0. The summed E-state index contributed by atoms with van der Waals surface area (Å²) in [5.74, 6) is -6.70. The van der Waals surface area contributed by atoms with E-state index in [-0.39, 0.29) is 12.5 Å². The van der Waals surface area contributed by atoms with Crippen LogP contribution >= 0.6 is 0 Å². The quantitative estimate of drug-likeness (QED) is 0.474. The Balaban J connectivity index is 2.24. The molecule has 0 aromatic rings. The highest BCUT2D eigenvalue weighted by Crippen LogP contribution is 2.35. The molecule has 0 aliphatic heterocycles. The van der Waals surface area contributed by atoms with E-state index < -0.39 is 49.7 Å². The van der Waals surface area contributed by atoms with Crippen LogP contribution in [0.5, 0.6) is 0 Å². The van der Waals surface area contributed by atoms with Crippen molar-refractivity contribution in [3.05, 3.63) is 0 Å². The Morgan fingerprint density at radius 1 is 0.920 bits per heavy atom. The average molecular weight is 378 g/mol. The standard InChI is InChI=1S/C15H20F6O4/c16-13(15(19,20)21)14(17,18)9-25-12(23)7-6-11(22)24-8-10-4-2-1-3-5-10/h10,13H,1-9H2. The van der Waals surface area contributed by atoms with E-state index in [1.165, 1.54) is 0 Å². The Hall–Kier alpha value is -1.48. The summed E-state index contributed by atoms with van der Waals surface area (Å²) in [5, 5.41) is 0. The Morgan fingerprint density at radius 3 is 1.96 bits per heavy atom. The van der Waals surface area contributed by atoms with Gasteiger partial charge in [-0.1, -0.05) is 19.3 Å². The molecular weight excluding hydrogens is 358 g/mol. The molecule has 1 atom stereocenters. The summed E-state index contributed by atoms with van der Waals surface area (Å²) >= 11 is 0. The largest absolute Gasteiger partial charge is 0.465 e. The summed E-state index contributed by atoms with van der Waals surface area (Å²) in [5.41, 5.74) is 0. The smallest absolute Gasteiger partial charge is 0.425 e. The third kappa shape index (κ3) is 7.96. The number of rotatable bonds is 8. The molecular formula is C15H20F6O4. The van der Waals surface area contributed by atoms with Gasteiger partial charge >= 0.3 is 24.0 Å². The van der Waals surface area contributed by atoms with Gasteiger partial charge in [-0.25, -0.2) is 4.39 Å². The number of halogens is 6. The van der Waals surface area contributed by atoms with E-state index in [2.05, 4.69) is 4.74 Å². The van der Waals surface area contributed by atoms with Crippen molar-refractivity contribution in [2.45, 2.75) is 63.2 Å². The van der Waals surface area contributed by atoms with Gasteiger partial charge in [0.15, 0.2) is 6.61 Å². The van der Waals surface area contributed by atoms with E-state index >= 15 is 0 Å². The van der Waals surface area contributed by atoms with Gasteiger partial charge in [0.25, 0.3) is 6.17 Å². The monoisotopic (exact) mass is 378 g/mol. The first kappa shape index (κ1) is 21.6. The third-order valence-corrected chi connectivity index (χ3v) is 3.82. The van der Waals surface area contributed by atoms with E-state index in [9.17, 15) is 35.9 Å². The van der Waals surface area contributed by atoms with Gasteiger partial charge in [-0.05, 0) is 18.8 Å². The number of carbonyl (C=O) groups excluding carboxylic acids is 2. The van der Waals surface area contributed by atoms with Crippen LogP contribution < -0.4 is 0 Å². The number of carbonyl (C=O) groups is 2. The first-order valence-corrected chi connectivity index (χ1v) is 7.92. The molecule has 0 bridgehead atoms.